The summed E-state index contributed by atoms with van der Waals surface area (Å²) in [6.07, 6.45) is 0. The molecule has 0 fully saturated rings. The predicted octanol–water partition coefficient (Wildman–Crippen LogP) is 1.58. The van der Waals surface area contributed by atoms with Crippen LogP contribution in [0.2, 0.25) is 0 Å². The van der Waals surface area contributed by atoms with Crippen molar-refractivity contribution in [2.75, 3.05) is 5.75 Å². The third-order valence-electron chi connectivity index (χ3n) is 0.287. The number of halogens is 3. The molecule has 0 aliphatic rings. The topological polar surface area (TPSA) is 37.3 Å². The molecule has 0 rings (SSSR count). The predicted molar refractivity (Wildman–Crippen MR) is 35.9 cm³/mol. The Morgan fingerprint density at radius 3 is 1.88 bits per heavy atom. The van der Waals surface area contributed by atoms with Gasteiger partial charge in [0, 0.05) is 0 Å². The van der Waals surface area contributed by atoms with Crippen molar-refractivity contribution >= 4 is 45.9 Å². The number of rotatable bonds is 1. The molecule has 1 unspecified atom stereocenters. The smallest absolute Gasteiger partial charge is 0.204 e. The quantitative estimate of drug-likeness (QED) is 0.512. The van der Waals surface area contributed by atoms with Gasteiger partial charge in [0.1, 0.15) is 0 Å². The Balaban J connectivity index is 3.55. The minimum absolute atomic E-state index is 0.350. The monoisotopic (exact) mass is 196 g/mol. The fourth-order valence-corrected chi connectivity index (χ4v) is 1.26. The Morgan fingerprint density at radius 2 is 1.88 bits per heavy atom. The van der Waals surface area contributed by atoms with Crippen LogP contribution in [0.1, 0.15) is 0 Å². The summed E-state index contributed by atoms with van der Waals surface area (Å²) in [6, 6.07) is 0. The van der Waals surface area contributed by atoms with Gasteiger partial charge in [-0.15, -0.1) is 0 Å². The van der Waals surface area contributed by atoms with E-state index < -0.39 is 14.9 Å². The molecule has 0 aliphatic heterocycles. The lowest BCUT2D eigenvalue weighted by Gasteiger charge is -2.04. The van der Waals surface area contributed by atoms with E-state index in [0.717, 1.165) is 0 Å². The molecule has 0 spiro atoms. The highest BCUT2D eigenvalue weighted by Gasteiger charge is 2.21. The standard InChI is InChI=1S/C2H3Cl3O2S/c3-2(4,5)1-8(6)7/h1H2,(H,6,7). The van der Waals surface area contributed by atoms with Gasteiger partial charge in [-0.05, 0) is 0 Å². The van der Waals surface area contributed by atoms with Gasteiger partial charge in [0.15, 0.2) is 11.1 Å². The molecule has 50 valence electrons. The van der Waals surface area contributed by atoms with E-state index >= 15 is 0 Å². The molecule has 0 aliphatic carbocycles. The molecule has 0 aromatic rings. The number of hydrogen-bond donors (Lipinski definition) is 1. The molecule has 0 saturated heterocycles. The van der Waals surface area contributed by atoms with Gasteiger partial charge >= 0.3 is 0 Å². The maximum absolute atomic E-state index is 9.87. The molecular formula is C2H3Cl3O2S. The van der Waals surface area contributed by atoms with Gasteiger partial charge in [0.2, 0.25) is 3.79 Å². The lowest BCUT2D eigenvalue weighted by molar-refractivity contribution is 0.564. The molecule has 0 radical (unpaired) electrons. The zero-order chi connectivity index (χ0) is 6.78. The first-order chi connectivity index (χ1) is 3.42. The van der Waals surface area contributed by atoms with Crippen LogP contribution in [0.5, 0.6) is 0 Å². The van der Waals surface area contributed by atoms with E-state index in [4.69, 9.17) is 39.4 Å². The highest BCUT2D eigenvalue weighted by molar-refractivity contribution is 7.79. The van der Waals surface area contributed by atoms with Gasteiger partial charge < -0.3 is 4.55 Å². The lowest BCUT2D eigenvalue weighted by atomic mass is 10.9. The van der Waals surface area contributed by atoms with Gasteiger partial charge in [0.05, 0.1) is 5.75 Å². The highest BCUT2D eigenvalue weighted by Crippen LogP contribution is 2.26. The van der Waals surface area contributed by atoms with Crippen molar-refractivity contribution in [3.63, 3.8) is 0 Å². The van der Waals surface area contributed by atoms with E-state index in [0.29, 0.717) is 0 Å². The van der Waals surface area contributed by atoms with Crippen LogP contribution >= 0.6 is 34.8 Å². The molecule has 0 bridgehead atoms. The molecule has 0 aromatic heterocycles. The van der Waals surface area contributed by atoms with Crippen LogP contribution in [0.4, 0.5) is 0 Å². The Labute approximate surface area is 64.4 Å². The third-order valence-corrected chi connectivity index (χ3v) is 1.84. The van der Waals surface area contributed by atoms with Crippen LogP contribution in [0, 0.1) is 0 Å². The number of hydrogen-bond acceptors (Lipinski definition) is 1. The van der Waals surface area contributed by atoms with Crippen molar-refractivity contribution < 1.29 is 8.76 Å². The summed E-state index contributed by atoms with van der Waals surface area (Å²) < 4.78 is 16.4. The van der Waals surface area contributed by atoms with Gasteiger partial charge in [0.25, 0.3) is 0 Å². The normalized spacial score (nSPS) is 16.0. The van der Waals surface area contributed by atoms with Crippen molar-refractivity contribution in [3.05, 3.63) is 0 Å². The molecule has 0 aromatic carbocycles. The largest absolute Gasteiger partial charge is 0.306 e. The maximum Gasteiger partial charge on any atom is 0.204 e. The first-order valence-electron chi connectivity index (χ1n) is 1.56. The van der Waals surface area contributed by atoms with Crippen molar-refractivity contribution in [1.29, 1.82) is 0 Å². The number of alkyl halides is 3. The summed E-state index contributed by atoms with van der Waals surface area (Å²) in [6.45, 7) is 0. The van der Waals surface area contributed by atoms with Crippen LogP contribution in [-0.4, -0.2) is 18.3 Å². The van der Waals surface area contributed by atoms with Gasteiger partial charge in [-0.2, -0.15) is 0 Å². The third kappa shape index (κ3) is 6.98. The van der Waals surface area contributed by atoms with Crippen LogP contribution in [-0.2, 0) is 11.1 Å². The molecule has 2 nitrogen and oxygen atoms in total. The SMILES string of the molecule is O=S(O)CC(Cl)(Cl)Cl. The molecule has 0 heterocycles. The fraction of sp³-hybridized carbons (Fsp3) is 1.00. The summed E-state index contributed by atoms with van der Waals surface area (Å²) in [7, 11) is 0. The zero-order valence-corrected chi connectivity index (χ0v) is 6.69. The minimum atomic E-state index is -2.03. The van der Waals surface area contributed by atoms with Crippen molar-refractivity contribution in [3.8, 4) is 0 Å². The van der Waals surface area contributed by atoms with Crippen molar-refractivity contribution in [2.24, 2.45) is 0 Å². The Bertz CT molecular complexity index is 97.9. The second kappa shape index (κ2) is 3.22. The fourth-order valence-electron chi connectivity index (χ4n) is 0.140. The molecule has 0 saturated carbocycles. The molecule has 1 N–H and O–H groups in total. The van der Waals surface area contributed by atoms with Crippen LogP contribution < -0.4 is 0 Å². The highest BCUT2D eigenvalue weighted by atomic mass is 35.6. The van der Waals surface area contributed by atoms with E-state index in [1.807, 2.05) is 0 Å². The maximum atomic E-state index is 9.87. The minimum Gasteiger partial charge on any atom is -0.306 e. The average molecular weight is 197 g/mol. The van der Waals surface area contributed by atoms with Gasteiger partial charge in [-0.25, -0.2) is 4.21 Å². The van der Waals surface area contributed by atoms with Crippen LogP contribution in [0.3, 0.4) is 0 Å². The Morgan fingerprint density at radius 1 is 1.50 bits per heavy atom. The van der Waals surface area contributed by atoms with Crippen molar-refractivity contribution in [2.45, 2.75) is 3.79 Å². The summed E-state index contributed by atoms with van der Waals surface area (Å²) in [5.74, 6) is -0.350. The van der Waals surface area contributed by atoms with Crippen LogP contribution in [0.25, 0.3) is 0 Å². The second-order valence-electron chi connectivity index (χ2n) is 1.08. The van der Waals surface area contributed by atoms with Crippen molar-refractivity contribution in [1.82, 2.24) is 0 Å². The van der Waals surface area contributed by atoms with Gasteiger partial charge in [-0.1, -0.05) is 34.8 Å². The summed E-state index contributed by atoms with van der Waals surface area (Å²) >= 11 is 13.3. The van der Waals surface area contributed by atoms with Crippen LogP contribution in [0.15, 0.2) is 0 Å². The summed E-state index contributed by atoms with van der Waals surface area (Å²) in [5.41, 5.74) is 0. The average Bonchev–Trinajstić information content (AvgIpc) is 1.21. The van der Waals surface area contributed by atoms with E-state index in [1.54, 1.807) is 0 Å². The van der Waals surface area contributed by atoms with E-state index in [2.05, 4.69) is 0 Å². The molecule has 0 amide bonds. The van der Waals surface area contributed by atoms with Gasteiger partial charge in [-0.3, -0.25) is 0 Å². The Hall–Kier alpha value is 0.980. The van der Waals surface area contributed by atoms with E-state index in [9.17, 15) is 4.21 Å². The molecule has 1 atom stereocenters. The first kappa shape index (κ1) is 8.98. The summed E-state index contributed by atoms with van der Waals surface area (Å²) in [4.78, 5) is 0. The van der Waals surface area contributed by atoms with E-state index in [1.165, 1.54) is 0 Å². The summed E-state index contributed by atoms with van der Waals surface area (Å²) in [5, 5.41) is 0. The molecule has 6 heteroatoms. The molecule has 8 heavy (non-hydrogen) atoms. The van der Waals surface area contributed by atoms with E-state index in [-0.39, 0.29) is 5.75 Å². The second-order valence-corrected chi connectivity index (χ2v) is 4.53. The Kier molecular flexibility index (Phi) is 3.62. The molecular weight excluding hydrogens is 194 g/mol. The lowest BCUT2D eigenvalue weighted by Crippen LogP contribution is -2.13. The first-order valence-corrected chi connectivity index (χ1v) is 3.97. The zero-order valence-electron chi connectivity index (χ0n) is 3.60.